The Morgan fingerprint density at radius 1 is 1.24 bits per heavy atom. The summed E-state index contributed by atoms with van der Waals surface area (Å²) in [6.45, 7) is 0. The Bertz CT molecular complexity index is 537. The molecule has 0 bridgehead atoms. The van der Waals surface area contributed by atoms with Crippen LogP contribution in [0.2, 0.25) is 8.67 Å². The first-order valence-electron chi connectivity index (χ1n) is 4.76. The van der Waals surface area contributed by atoms with Crippen LogP contribution in [0.3, 0.4) is 0 Å². The summed E-state index contributed by atoms with van der Waals surface area (Å²) >= 11 is 13.2. The van der Waals surface area contributed by atoms with E-state index in [0.29, 0.717) is 20.1 Å². The molecule has 1 aromatic heterocycles. The zero-order valence-electron chi connectivity index (χ0n) is 8.65. The van der Waals surface area contributed by atoms with Crippen molar-refractivity contribution in [2.24, 2.45) is 10.8 Å². The molecule has 0 amide bonds. The maximum Gasteiger partial charge on any atom is 0.150 e. The quantitative estimate of drug-likeness (QED) is 0.383. The van der Waals surface area contributed by atoms with Gasteiger partial charge in [-0.3, -0.25) is 0 Å². The number of hydrazine groups is 1. The maximum absolute atomic E-state index is 6.04. The number of hydrogen-bond donors (Lipinski definition) is 2. The fourth-order valence-electron chi connectivity index (χ4n) is 1.30. The van der Waals surface area contributed by atoms with Crippen molar-refractivity contribution in [2.75, 3.05) is 0 Å². The Kier molecular flexibility index (Phi) is 4.02. The molecule has 0 fully saturated rings. The number of rotatable bonds is 2. The summed E-state index contributed by atoms with van der Waals surface area (Å²) in [6.07, 6.45) is 0. The first kappa shape index (κ1) is 12.4. The molecule has 0 saturated heterocycles. The molecule has 1 aromatic carbocycles. The van der Waals surface area contributed by atoms with E-state index in [0.717, 1.165) is 5.69 Å². The van der Waals surface area contributed by atoms with Gasteiger partial charge in [-0.1, -0.05) is 41.4 Å². The Morgan fingerprint density at radius 2 is 1.94 bits per heavy atom. The standard InChI is InChI=1S/C11H9Cl2N3S/c12-9-6-8(10(13)17-9)11(16-14)15-7-4-2-1-3-5-7/h1-6H,14H2,(H,15,16). The Labute approximate surface area is 113 Å². The van der Waals surface area contributed by atoms with Crippen LogP contribution in [-0.4, -0.2) is 5.84 Å². The first-order valence-corrected chi connectivity index (χ1v) is 6.33. The second-order valence-electron chi connectivity index (χ2n) is 3.18. The fraction of sp³-hybridized carbons (Fsp3) is 0. The molecule has 0 aliphatic heterocycles. The molecular formula is C11H9Cl2N3S. The van der Waals surface area contributed by atoms with Crippen molar-refractivity contribution >= 4 is 46.1 Å². The lowest BCUT2D eigenvalue weighted by Crippen LogP contribution is -2.30. The molecule has 17 heavy (non-hydrogen) atoms. The van der Waals surface area contributed by atoms with Crippen LogP contribution in [0.4, 0.5) is 5.69 Å². The topological polar surface area (TPSA) is 50.4 Å². The van der Waals surface area contributed by atoms with Crippen LogP contribution >= 0.6 is 34.5 Å². The SMILES string of the molecule is NNC(=Nc1ccccc1)c1cc(Cl)sc1Cl. The second kappa shape index (κ2) is 5.51. The molecule has 88 valence electrons. The minimum Gasteiger partial charge on any atom is -0.308 e. The van der Waals surface area contributed by atoms with Crippen molar-refractivity contribution in [3.63, 3.8) is 0 Å². The summed E-state index contributed by atoms with van der Waals surface area (Å²) in [4.78, 5) is 4.37. The van der Waals surface area contributed by atoms with E-state index in [-0.39, 0.29) is 0 Å². The summed E-state index contributed by atoms with van der Waals surface area (Å²) in [7, 11) is 0. The lowest BCUT2D eigenvalue weighted by molar-refractivity contribution is 1.02. The Hall–Kier alpha value is -1.07. The summed E-state index contributed by atoms with van der Waals surface area (Å²) in [5.41, 5.74) is 4.03. The number of aliphatic imine (C=N–C) groups is 1. The number of nitrogens with zero attached hydrogens (tertiary/aromatic N) is 1. The van der Waals surface area contributed by atoms with E-state index >= 15 is 0 Å². The van der Waals surface area contributed by atoms with E-state index in [1.54, 1.807) is 6.07 Å². The average Bonchev–Trinajstić information content (AvgIpc) is 2.67. The molecule has 0 unspecified atom stereocenters. The molecule has 0 atom stereocenters. The van der Waals surface area contributed by atoms with E-state index in [1.165, 1.54) is 11.3 Å². The van der Waals surface area contributed by atoms with Crippen LogP contribution in [-0.2, 0) is 0 Å². The number of benzene rings is 1. The van der Waals surface area contributed by atoms with Gasteiger partial charge in [0.05, 0.1) is 10.0 Å². The minimum absolute atomic E-state index is 0.490. The van der Waals surface area contributed by atoms with Crippen molar-refractivity contribution in [3.05, 3.63) is 50.6 Å². The number of halogens is 2. The van der Waals surface area contributed by atoms with Gasteiger partial charge in [0, 0.05) is 5.56 Å². The van der Waals surface area contributed by atoms with Crippen molar-refractivity contribution in [1.82, 2.24) is 5.43 Å². The third kappa shape index (κ3) is 2.98. The van der Waals surface area contributed by atoms with Crippen LogP contribution in [0.5, 0.6) is 0 Å². The van der Waals surface area contributed by atoms with E-state index in [9.17, 15) is 0 Å². The highest BCUT2D eigenvalue weighted by Gasteiger charge is 2.11. The molecule has 0 aliphatic carbocycles. The van der Waals surface area contributed by atoms with Crippen molar-refractivity contribution in [2.45, 2.75) is 0 Å². The van der Waals surface area contributed by atoms with Gasteiger partial charge in [-0.15, -0.1) is 11.3 Å². The van der Waals surface area contributed by atoms with E-state index in [4.69, 9.17) is 29.0 Å². The third-order valence-electron chi connectivity index (χ3n) is 2.05. The number of amidine groups is 1. The summed E-state index contributed by atoms with van der Waals surface area (Å²) in [6, 6.07) is 11.2. The summed E-state index contributed by atoms with van der Waals surface area (Å²) < 4.78 is 1.16. The van der Waals surface area contributed by atoms with Gasteiger partial charge in [0.2, 0.25) is 0 Å². The molecule has 2 aromatic rings. The van der Waals surface area contributed by atoms with Gasteiger partial charge >= 0.3 is 0 Å². The van der Waals surface area contributed by atoms with Gasteiger partial charge in [-0.25, -0.2) is 10.8 Å². The predicted molar refractivity (Wildman–Crippen MR) is 74.3 cm³/mol. The summed E-state index contributed by atoms with van der Waals surface area (Å²) in [5.74, 6) is 5.94. The van der Waals surface area contributed by atoms with Crippen molar-refractivity contribution in [3.8, 4) is 0 Å². The molecule has 2 rings (SSSR count). The van der Waals surface area contributed by atoms with Crippen molar-refractivity contribution in [1.29, 1.82) is 0 Å². The molecule has 0 radical (unpaired) electrons. The van der Waals surface area contributed by atoms with Crippen LogP contribution in [0.25, 0.3) is 0 Å². The molecule has 0 aliphatic rings. The van der Waals surface area contributed by atoms with Crippen molar-refractivity contribution < 1.29 is 0 Å². The zero-order valence-corrected chi connectivity index (χ0v) is 11.0. The highest BCUT2D eigenvalue weighted by molar-refractivity contribution is 7.20. The normalized spacial score (nSPS) is 11.6. The Balaban J connectivity index is 2.40. The number of thiophene rings is 1. The van der Waals surface area contributed by atoms with Gasteiger partial charge in [-0.2, -0.15) is 0 Å². The molecule has 0 saturated carbocycles. The first-order chi connectivity index (χ1) is 8.20. The van der Waals surface area contributed by atoms with Crippen LogP contribution in [0.15, 0.2) is 41.4 Å². The van der Waals surface area contributed by atoms with Crippen LogP contribution < -0.4 is 11.3 Å². The third-order valence-corrected chi connectivity index (χ3v) is 3.53. The van der Waals surface area contributed by atoms with E-state index < -0.39 is 0 Å². The molecule has 0 spiro atoms. The summed E-state index contributed by atoms with van der Waals surface area (Å²) in [5, 5.41) is 0. The van der Waals surface area contributed by atoms with Gasteiger partial charge in [0.25, 0.3) is 0 Å². The van der Waals surface area contributed by atoms with Crippen LogP contribution in [0, 0.1) is 0 Å². The number of nitrogens with two attached hydrogens (primary N) is 1. The molecule has 3 N–H and O–H groups in total. The smallest absolute Gasteiger partial charge is 0.150 e. The van der Waals surface area contributed by atoms with Gasteiger partial charge in [0.15, 0.2) is 0 Å². The number of para-hydroxylation sites is 1. The highest BCUT2D eigenvalue weighted by atomic mass is 35.5. The lowest BCUT2D eigenvalue weighted by atomic mass is 10.3. The predicted octanol–water partition coefficient (Wildman–Crippen LogP) is 3.60. The van der Waals surface area contributed by atoms with E-state index in [1.807, 2.05) is 30.3 Å². The van der Waals surface area contributed by atoms with Crippen LogP contribution in [0.1, 0.15) is 5.56 Å². The van der Waals surface area contributed by atoms with E-state index in [2.05, 4.69) is 10.4 Å². The zero-order chi connectivity index (χ0) is 12.3. The molecule has 3 nitrogen and oxygen atoms in total. The number of hydrogen-bond acceptors (Lipinski definition) is 3. The molecule has 6 heteroatoms. The highest BCUT2D eigenvalue weighted by Crippen LogP contribution is 2.31. The van der Waals surface area contributed by atoms with Gasteiger partial charge in [0.1, 0.15) is 10.2 Å². The largest absolute Gasteiger partial charge is 0.308 e. The number of nitrogens with one attached hydrogen (secondary N) is 1. The Morgan fingerprint density at radius 3 is 2.47 bits per heavy atom. The lowest BCUT2D eigenvalue weighted by Gasteiger charge is -2.03. The van der Waals surface area contributed by atoms with Gasteiger partial charge in [-0.05, 0) is 18.2 Å². The second-order valence-corrected chi connectivity index (χ2v) is 5.46. The maximum atomic E-state index is 6.04. The average molecular weight is 286 g/mol. The minimum atomic E-state index is 0.490. The monoisotopic (exact) mass is 285 g/mol. The fourth-order valence-corrected chi connectivity index (χ4v) is 2.77. The molecule has 1 heterocycles. The van der Waals surface area contributed by atoms with Gasteiger partial charge < -0.3 is 5.43 Å². The molecular weight excluding hydrogens is 277 g/mol.